The fraction of sp³-hybridized carbons (Fsp3) is 1.00. The highest BCUT2D eigenvalue weighted by Crippen LogP contribution is 2.12. The van der Waals surface area contributed by atoms with Crippen LogP contribution in [0.4, 0.5) is 0 Å². The van der Waals surface area contributed by atoms with Gasteiger partial charge in [0.15, 0.2) is 9.84 Å². The van der Waals surface area contributed by atoms with Crippen LogP contribution in [0.2, 0.25) is 0 Å². The zero-order valence-electron chi connectivity index (χ0n) is 12.7. The molecule has 4 nitrogen and oxygen atoms in total. The van der Waals surface area contributed by atoms with E-state index in [0.717, 1.165) is 25.9 Å². The van der Waals surface area contributed by atoms with Gasteiger partial charge in [0, 0.05) is 17.8 Å². The zero-order valence-corrected chi connectivity index (χ0v) is 13.5. The topological polar surface area (TPSA) is 49.4 Å². The molecule has 1 aliphatic heterocycles. The summed E-state index contributed by atoms with van der Waals surface area (Å²) in [4.78, 5) is 2.52. The third-order valence-corrected chi connectivity index (χ3v) is 5.77. The summed E-state index contributed by atoms with van der Waals surface area (Å²) in [6.07, 6.45) is 4.81. The van der Waals surface area contributed by atoms with Crippen LogP contribution in [0.25, 0.3) is 0 Å². The molecule has 0 aromatic carbocycles. The maximum absolute atomic E-state index is 11.6. The van der Waals surface area contributed by atoms with Gasteiger partial charge < -0.3 is 10.2 Å². The van der Waals surface area contributed by atoms with E-state index >= 15 is 0 Å². The van der Waals surface area contributed by atoms with Crippen LogP contribution in [0.5, 0.6) is 0 Å². The smallest absolute Gasteiger partial charge is 0.151 e. The van der Waals surface area contributed by atoms with Crippen LogP contribution in [0, 0.1) is 0 Å². The maximum Gasteiger partial charge on any atom is 0.151 e. The molecule has 0 aromatic heterocycles. The number of nitrogens with zero attached hydrogens (tertiary/aromatic N) is 1. The second-order valence-electron chi connectivity index (χ2n) is 5.74. The summed E-state index contributed by atoms with van der Waals surface area (Å²) in [6, 6.07) is 0.553. The molecule has 1 rings (SSSR count). The molecule has 0 saturated carbocycles. The lowest BCUT2D eigenvalue weighted by Gasteiger charge is -2.33. The molecule has 0 amide bonds. The van der Waals surface area contributed by atoms with E-state index < -0.39 is 9.84 Å². The Labute approximate surface area is 118 Å². The van der Waals surface area contributed by atoms with Gasteiger partial charge >= 0.3 is 0 Å². The summed E-state index contributed by atoms with van der Waals surface area (Å²) in [6.45, 7) is 9.42. The van der Waals surface area contributed by atoms with Crippen LogP contribution in [-0.4, -0.2) is 56.5 Å². The van der Waals surface area contributed by atoms with Gasteiger partial charge in [-0.3, -0.25) is 0 Å². The van der Waals surface area contributed by atoms with E-state index in [9.17, 15) is 8.42 Å². The Balaban J connectivity index is 2.25. The van der Waals surface area contributed by atoms with Crippen molar-refractivity contribution in [1.82, 2.24) is 10.2 Å². The van der Waals surface area contributed by atoms with Gasteiger partial charge in [-0.1, -0.05) is 20.3 Å². The molecular weight excluding hydrogens is 260 g/mol. The second-order valence-corrected chi connectivity index (χ2v) is 8.13. The fourth-order valence-electron chi connectivity index (χ4n) is 2.65. The molecule has 1 unspecified atom stereocenters. The Morgan fingerprint density at radius 2 is 1.89 bits per heavy atom. The van der Waals surface area contributed by atoms with Crippen LogP contribution in [-0.2, 0) is 9.84 Å². The first-order valence-electron chi connectivity index (χ1n) is 7.65. The molecule has 1 aliphatic rings. The Hall–Kier alpha value is -0.130. The van der Waals surface area contributed by atoms with E-state index in [2.05, 4.69) is 17.1 Å². The van der Waals surface area contributed by atoms with E-state index in [4.69, 9.17) is 0 Å². The third-order valence-electron chi connectivity index (χ3n) is 3.88. The predicted octanol–water partition coefficient (Wildman–Crippen LogP) is 1.66. The highest BCUT2D eigenvalue weighted by molar-refractivity contribution is 7.91. The van der Waals surface area contributed by atoms with E-state index in [1.165, 1.54) is 19.4 Å². The average molecular weight is 290 g/mol. The largest absolute Gasteiger partial charge is 0.310 e. The average Bonchev–Trinajstić information content (AvgIpc) is 2.37. The zero-order chi connectivity index (χ0) is 14.3. The first-order valence-corrected chi connectivity index (χ1v) is 9.47. The van der Waals surface area contributed by atoms with Crippen molar-refractivity contribution in [2.24, 2.45) is 0 Å². The van der Waals surface area contributed by atoms with Crippen molar-refractivity contribution in [3.8, 4) is 0 Å². The van der Waals surface area contributed by atoms with Gasteiger partial charge in [0.25, 0.3) is 0 Å². The molecule has 1 atom stereocenters. The summed E-state index contributed by atoms with van der Waals surface area (Å²) < 4.78 is 23.1. The summed E-state index contributed by atoms with van der Waals surface area (Å²) in [5, 5.41) is 3.48. The standard InChI is InChI=1S/C14H30N2O2S/c1-4-6-9-16-10-7-14(8-11-16)15-13(3)12-19(17,18)5-2/h13-15H,4-12H2,1-3H3. The molecule has 1 fully saturated rings. The van der Waals surface area contributed by atoms with Gasteiger partial charge in [0.05, 0.1) is 5.75 Å². The minimum absolute atomic E-state index is 0.0668. The predicted molar refractivity (Wildman–Crippen MR) is 81.3 cm³/mol. The number of hydrogen-bond donors (Lipinski definition) is 1. The van der Waals surface area contributed by atoms with Crippen molar-refractivity contribution in [3.63, 3.8) is 0 Å². The normalized spacial score (nSPS) is 20.6. The molecule has 1 N–H and O–H groups in total. The number of hydrogen-bond acceptors (Lipinski definition) is 4. The number of nitrogens with one attached hydrogen (secondary N) is 1. The lowest BCUT2D eigenvalue weighted by molar-refractivity contribution is 0.191. The van der Waals surface area contributed by atoms with E-state index in [-0.39, 0.29) is 17.5 Å². The number of piperidine rings is 1. The molecule has 1 saturated heterocycles. The van der Waals surface area contributed by atoms with Gasteiger partial charge in [0.2, 0.25) is 0 Å². The minimum atomic E-state index is -2.87. The van der Waals surface area contributed by atoms with E-state index in [0.29, 0.717) is 6.04 Å². The summed E-state index contributed by atoms with van der Waals surface area (Å²) >= 11 is 0. The molecule has 0 aromatic rings. The lowest BCUT2D eigenvalue weighted by Crippen LogP contribution is -2.47. The number of unbranched alkanes of at least 4 members (excludes halogenated alkanes) is 1. The lowest BCUT2D eigenvalue weighted by atomic mass is 10.0. The Morgan fingerprint density at radius 3 is 2.42 bits per heavy atom. The van der Waals surface area contributed by atoms with Gasteiger partial charge in [-0.25, -0.2) is 8.42 Å². The van der Waals surface area contributed by atoms with Crippen molar-refractivity contribution in [2.75, 3.05) is 31.1 Å². The van der Waals surface area contributed by atoms with Crippen LogP contribution in [0.1, 0.15) is 46.5 Å². The van der Waals surface area contributed by atoms with E-state index in [1.54, 1.807) is 6.92 Å². The van der Waals surface area contributed by atoms with Crippen molar-refractivity contribution in [3.05, 3.63) is 0 Å². The first-order chi connectivity index (χ1) is 8.96. The summed E-state index contributed by atoms with van der Waals surface area (Å²) in [5.74, 6) is 0.508. The molecule has 0 bridgehead atoms. The monoisotopic (exact) mass is 290 g/mol. The van der Waals surface area contributed by atoms with Gasteiger partial charge in [0.1, 0.15) is 0 Å². The summed E-state index contributed by atoms with van der Waals surface area (Å²) in [5.41, 5.74) is 0. The molecule has 19 heavy (non-hydrogen) atoms. The molecule has 5 heteroatoms. The van der Waals surface area contributed by atoms with Crippen LogP contribution in [0.3, 0.4) is 0 Å². The van der Waals surface area contributed by atoms with Crippen LogP contribution >= 0.6 is 0 Å². The second kappa shape index (κ2) is 8.22. The Morgan fingerprint density at radius 1 is 1.26 bits per heavy atom. The Bertz CT molecular complexity index is 335. The first kappa shape index (κ1) is 16.9. The molecule has 0 radical (unpaired) electrons. The van der Waals surface area contributed by atoms with Crippen molar-refractivity contribution >= 4 is 9.84 Å². The number of rotatable bonds is 8. The van der Waals surface area contributed by atoms with E-state index in [1.807, 2.05) is 6.92 Å². The highest BCUT2D eigenvalue weighted by atomic mass is 32.2. The molecule has 114 valence electrons. The van der Waals surface area contributed by atoms with Crippen LogP contribution < -0.4 is 5.32 Å². The van der Waals surface area contributed by atoms with Crippen molar-refractivity contribution in [2.45, 2.75) is 58.5 Å². The number of sulfone groups is 1. The maximum atomic E-state index is 11.6. The number of likely N-dealkylation sites (tertiary alicyclic amines) is 1. The van der Waals surface area contributed by atoms with Gasteiger partial charge in [-0.05, 0) is 45.8 Å². The molecule has 0 spiro atoms. The van der Waals surface area contributed by atoms with Gasteiger partial charge in [-0.15, -0.1) is 0 Å². The van der Waals surface area contributed by atoms with Crippen molar-refractivity contribution < 1.29 is 8.42 Å². The fourth-order valence-corrected chi connectivity index (χ4v) is 3.75. The minimum Gasteiger partial charge on any atom is -0.310 e. The SMILES string of the molecule is CCCCN1CCC(NC(C)CS(=O)(=O)CC)CC1. The third kappa shape index (κ3) is 6.72. The summed E-state index contributed by atoms with van der Waals surface area (Å²) in [7, 11) is -2.87. The molecule has 1 heterocycles. The van der Waals surface area contributed by atoms with Crippen molar-refractivity contribution in [1.29, 1.82) is 0 Å². The Kier molecular flexibility index (Phi) is 7.32. The molecular formula is C14H30N2O2S. The quantitative estimate of drug-likeness (QED) is 0.739. The highest BCUT2D eigenvalue weighted by Gasteiger charge is 2.21. The van der Waals surface area contributed by atoms with Gasteiger partial charge in [-0.2, -0.15) is 0 Å². The molecule has 0 aliphatic carbocycles. The van der Waals surface area contributed by atoms with Crippen LogP contribution in [0.15, 0.2) is 0 Å².